The Hall–Kier alpha value is -2.95. The number of nitrogens with one attached hydrogen (secondary N) is 1. The lowest BCUT2D eigenvalue weighted by Gasteiger charge is -2.22. The van der Waals surface area contributed by atoms with E-state index >= 15 is 0 Å². The summed E-state index contributed by atoms with van der Waals surface area (Å²) in [6.07, 6.45) is 0.761. The van der Waals surface area contributed by atoms with Crippen LogP contribution in [0.3, 0.4) is 0 Å². The van der Waals surface area contributed by atoms with E-state index in [1.807, 2.05) is 38.1 Å². The Labute approximate surface area is 151 Å². The van der Waals surface area contributed by atoms with Crippen molar-refractivity contribution in [1.82, 2.24) is 9.88 Å². The number of aryl methyl sites for hydroxylation is 1. The number of nitrogens with zero attached hydrogens (tertiary/aromatic N) is 1. The molecule has 1 aromatic heterocycles. The Bertz CT molecular complexity index is 993. The SMILES string of the molecule is CCCN(Cc1cc2cc(C)ccc2[nH]c1=O)C(=O)c1ccc(F)cc1. The van der Waals surface area contributed by atoms with E-state index in [1.54, 1.807) is 4.90 Å². The molecule has 0 atom stereocenters. The fourth-order valence-electron chi connectivity index (χ4n) is 2.99. The summed E-state index contributed by atoms with van der Waals surface area (Å²) in [4.78, 5) is 29.7. The molecule has 0 aliphatic rings. The van der Waals surface area contributed by atoms with Crippen LogP contribution in [0.25, 0.3) is 10.9 Å². The zero-order valence-corrected chi connectivity index (χ0v) is 14.9. The molecule has 0 aliphatic carbocycles. The summed E-state index contributed by atoms with van der Waals surface area (Å²) in [6.45, 7) is 4.69. The van der Waals surface area contributed by atoms with Gasteiger partial charge in [0.1, 0.15) is 5.82 Å². The Kier molecular flexibility index (Phi) is 5.16. The minimum atomic E-state index is -0.384. The van der Waals surface area contributed by atoms with Crippen molar-refractivity contribution < 1.29 is 9.18 Å². The summed E-state index contributed by atoms with van der Waals surface area (Å²) >= 11 is 0. The number of rotatable bonds is 5. The number of carbonyl (C=O) groups excluding carboxylic acids is 1. The van der Waals surface area contributed by atoms with Gasteiger partial charge in [0, 0.05) is 23.2 Å². The number of hydrogen-bond acceptors (Lipinski definition) is 2. The standard InChI is InChI=1S/C21H21FN2O2/c1-3-10-24(21(26)15-5-7-18(22)8-6-15)13-17-12-16-11-14(2)4-9-19(16)23-20(17)25/h4-9,11-12H,3,10,13H2,1-2H3,(H,23,25). The Morgan fingerprint density at radius 2 is 1.85 bits per heavy atom. The van der Waals surface area contributed by atoms with Gasteiger partial charge in [-0.3, -0.25) is 9.59 Å². The number of amides is 1. The Morgan fingerprint density at radius 1 is 1.12 bits per heavy atom. The molecule has 26 heavy (non-hydrogen) atoms. The third kappa shape index (κ3) is 3.82. The van der Waals surface area contributed by atoms with Gasteiger partial charge < -0.3 is 9.88 Å². The molecule has 0 bridgehead atoms. The molecular weight excluding hydrogens is 331 g/mol. The van der Waals surface area contributed by atoms with Crippen molar-refractivity contribution in [2.75, 3.05) is 6.54 Å². The first-order chi connectivity index (χ1) is 12.5. The van der Waals surface area contributed by atoms with Crippen molar-refractivity contribution in [2.24, 2.45) is 0 Å². The van der Waals surface area contributed by atoms with E-state index < -0.39 is 0 Å². The molecule has 0 spiro atoms. The molecule has 4 nitrogen and oxygen atoms in total. The van der Waals surface area contributed by atoms with E-state index in [1.165, 1.54) is 24.3 Å². The number of fused-ring (bicyclic) bond motifs is 1. The van der Waals surface area contributed by atoms with Gasteiger partial charge >= 0.3 is 0 Å². The molecule has 134 valence electrons. The second-order valence-corrected chi connectivity index (χ2v) is 6.45. The second-order valence-electron chi connectivity index (χ2n) is 6.45. The molecule has 0 aliphatic heterocycles. The highest BCUT2D eigenvalue weighted by atomic mass is 19.1. The Balaban J connectivity index is 1.93. The predicted molar refractivity (Wildman–Crippen MR) is 101 cm³/mol. The van der Waals surface area contributed by atoms with Crippen LogP contribution in [0, 0.1) is 12.7 Å². The highest BCUT2D eigenvalue weighted by molar-refractivity contribution is 5.94. The number of pyridine rings is 1. The number of benzene rings is 2. The maximum absolute atomic E-state index is 13.1. The monoisotopic (exact) mass is 352 g/mol. The predicted octanol–water partition coefficient (Wildman–Crippen LogP) is 4.03. The van der Waals surface area contributed by atoms with Crippen LogP contribution in [-0.4, -0.2) is 22.3 Å². The average Bonchev–Trinajstić information content (AvgIpc) is 2.62. The van der Waals surface area contributed by atoms with E-state index in [9.17, 15) is 14.0 Å². The molecule has 2 aromatic carbocycles. The summed E-state index contributed by atoms with van der Waals surface area (Å²) in [6, 6.07) is 13.1. The van der Waals surface area contributed by atoms with Gasteiger partial charge in [0.15, 0.2) is 0 Å². The first-order valence-electron chi connectivity index (χ1n) is 8.65. The van der Waals surface area contributed by atoms with Gasteiger partial charge in [0.2, 0.25) is 0 Å². The van der Waals surface area contributed by atoms with E-state index in [0.29, 0.717) is 17.7 Å². The highest BCUT2D eigenvalue weighted by Crippen LogP contribution is 2.15. The first-order valence-corrected chi connectivity index (χ1v) is 8.65. The fraction of sp³-hybridized carbons (Fsp3) is 0.238. The van der Waals surface area contributed by atoms with Crippen molar-refractivity contribution in [3.8, 4) is 0 Å². The first kappa shape index (κ1) is 17.9. The molecule has 1 heterocycles. The van der Waals surface area contributed by atoms with Crippen LogP contribution in [0.1, 0.15) is 34.8 Å². The molecule has 5 heteroatoms. The molecule has 3 aromatic rings. The third-order valence-corrected chi connectivity index (χ3v) is 4.31. The van der Waals surface area contributed by atoms with Crippen LogP contribution < -0.4 is 5.56 Å². The molecule has 0 unspecified atom stereocenters. The number of halogens is 1. The van der Waals surface area contributed by atoms with E-state index in [4.69, 9.17) is 0 Å². The number of carbonyl (C=O) groups is 1. The summed E-state index contributed by atoms with van der Waals surface area (Å²) in [7, 11) is 0. The quantitative estimate of drug-likeness (QED) is 0.754. The molecular formula is C21H21FN2O2. The molecule has 0 saturated carbocycles. The van der Waals surface area contributed by atoms with Gasteiger partial charge in [-0.05, 0) is 61.2 Å². The van der Waals surface area contributed by atoms with Crippen molar-refractivity contribution in [1.29, 1.82) is 0 Å². The van der Waals surface area contributed by atoms with E-state index in [2.05, 4.69) is 4.98 Å². The van der Waals surface area contributed by atoms with Gasteiger partial charge in [0.05, 0.1) is 6.54 Å². The number of aromatic amines is 1. The third-order valence-electron chi connectivity index (χ3n) is 4.31. The lowest BCUT2D eigenvalue weighted by atomic mass is 10.1. The normalized spacial score (nSPS) is 10.9. The highest BCUT2D eigenvalue weighted by Gasteiger charge is 2.17. The minimum absolute atomic E-state index is 0.200. The maximum Gasteiger partial charge on any atom is 0.254 e. The molecule has 1 amide bonds. The lowest BCUT2D eigenvalue weighted by molar-refractivity contribution is 0.0742. The minimum Gasteiger partial charge on any atom is -0.334 e. The summed E-state index contributed by atoms with van der Waals surface area (Å²) in [5, 5.41) is 0.935. The fourth-order valence-corrected chi connectivity index (χ4v) is 2.99. The number of aromatic nitrogens is 1. The number of H-pyrrole nitrogens is 1. The number of hydrogen-bond donors (Lipinski definition) is 1. The van der Waals surface area contributed by atoms with Gasteiger partial charge in [-0.1, -0.05) is 18.6 Å². The zero-order valence-electron chi connectivity index (χ0n) is 14.9. The lowest BCUT2D eigenvalue weighted by Crippen LogP contribution is -2.33. The van der Waals surface area contributed by atoms with E-state index in [0.717, 1.165) is 22.9 Å². The largest absolute Gasteiger partial charge is 0.334 e. The molecule has 0 radical (unpaired) electrons. The average molecular weight is 352 g/mol. The maximum atomic E-state index is 13.1. The van der Waals surface area contributed by atoms with Gasteiger partial charge in [-0.2, -0.15) is 0 Å². The van der Waals surface area contributed by atoms with Crippen molar-refractivity contribution >= 4 is 16.8 Å². The molecule has 0 saturated heterocycles. The van der Waals surface area contributed by atoms with Gasteiger partial charge in [-0.25, -0.2) is 4.39 Å². The molecule has 3 rings (SSSR count). The van der Waals surface area contributed by atoms with Gasteiger partial charge in [-0.15, -0.1) is 0 Å². The van der Waals surface area contributed by atoms with Crippen molar-refractivity contribution in [3.63, 3.8) is 0 Å². The molecule has 0 fully saturated rings. The zero-order chi connectivity index (χ0) is 18.7. The Morgan fingerprint density at radius 3 is 2.54 bits per heavy atom. The van der Waals surface area contributed by atoms with Crippen molar-refractivity contribution in [2.45, 2.75) is 26.8 Å². The second kappa shape index (κ2) is 7.52. The summed E-state index contributed by atoms with van der Waals surface area (Å²) in [5.41, 5.74) is 2.62. The topological polar surface area (TPSA) is 53.2 Å². The van der Waals surface area contributed by atoms with Crippen LogP contribution in [0.15, 0.2) is 53.3 Å². The van der Waals surface area contributed by atoms with Crippen molar-refractivity contribution in [3.05, 3.63) is 81.4 Å². The van der Waals surface area contributed by atoms with Crippen LogP contribution in [0.2, 0.25) is 0 Å². The smallest absolute Gasteiger partial charge is 0.254 e. The van der Waals surface area contributed by atoms with Crippen LogP contribution in [0.5, 0.6) is 0 Å². The van der Waals surface area contributed by atoms with Gasteiger partial charge in [0.25, 0.3) is 11.5 Å². The summed E-state index contributed by atoms with van der Waals surface area (Å²) in [5.74, 6) is -0.597. The van der Waals surface area contributed by atoms with Crippen LogP contribution in [0.4, 0.5) is 4.39 Å². The van der Waals surface area contributed by atoms with Crippen LogP contribution in [-0.2, 0) is 6.54 Å². The molecule has 1 N–H and O–H groups in total. The van der Waals surface area contributed by atoms with E-state index in [-0.39, 0.29) is 23.8 Å². The summed E-state index contributed by atoms with van der Waals surface area (Å²) < 4.78 is 13.1. The van der Waals surface area contributed by atoms with Crippen LogP contribution >= 0.6 is 0 Å².